The van der Waals surface area contributed by atoms with E-state index in [9.17, 15) is 4.79 Å². The van der Waals surface area contributed by atoms with Crippen LogP contribution in [-0.4, -0.2) is 20.9 Å². The molecular formula is C18H12ClN5OS. The maximum absolute atomic E-state index is 11.6. The molecule has 26 heavy (non-hydrogen) atoms. The van der Waals surface area contributed by atoms with Crippen LogP contribution in [0.3, 0.4) is 0 Å². The third kappa shape index (κ3) is 3.10. The van der Waals surface area contributed by atoms with Gasteiger partial charge in [-0.1, -0.05) is 11.6 Å². The molecule has 3 heterocycles. The summed E-state index contributed by atoms with van der Waals surface area (Å²) >= 11 is 7.42. The monoisotopic (exact) mass is 381 g/mol. The summed E-state index contributed by atoms with van der Waals surface area (Å²) in [5.74, 6) is 0.565. The molecular weight excluding hydrogens is 370 g/mol. The molecule has 3 N–H and O–H groups in total. The van der Waals surface area contributed by atoms with Gasteiger partial charge < -0.3 is 11.1 Å². The van der Waals surface area contributed by atoms with Gasteiger partial charge in [-0.05, 0) is 41.8 Å². The molecule has 3 aromatic heterocycles. The highest BCUT2D eigenvalue weighted by Crippen LogP contribution is 2.31. The molecule has 4 aromatic rings. The Bertz CT molecular complexity index is 1110. The van der Waals surface area contributed by atoms with Crippen LogP contribution in [0.5, 0.6) is 0 Å². The normalized spacial score (nSPS) is 10.8. The van der Waals surface area contributed by atoms with Crippen LogP contribution in [0.25, 0.3) is 22.3 Å². The number of aromatic nitrogens is 3. The molecule has 6 nitrogen and oxygen atoms in total. The van der Waals surface area contributed by atoms with Gasteiger partial charge in [-0.3, -0.25) is 9.78 Å². The summed E-state index contributed by atoms with van der Waals surface area (Å²) < 4.78 is 0. The van der Waals surface area contributed by atoms with Crippen molar-refractivity contribution in [1.82, 2.24) is 15.0 Å². The lowest BCUT2D eigenvalue weighted by molar-refractivity contribution is 0.100. The van der Waals surface area contributed by atoms with E-state index in [-0.39, 0.29) is 0 Å². The molecule has 8 heteroatoms. The molecule has 128 valence electrons. The fourth-order valence-electron chi connectivity index (χ4n) is 2.55. The largest absolute Gasteiger partial charge is 0.365 e. The number of nitrogens with zero attached hydrogens (tertiary/aromatic N) is 3. The summed E-state index contributed by atoms with van der Waals surface area (Å²) in [6.07, 6.45) is 3.38. The molecule has 0 aliphatic heterocycles. The van der Waals surface area contributed by atoms with Crippen molar-refractivity contribution in [1.29, 1.82) is 0 Å². The molecule has 0 saturated heterocycles. The van der Waals surface area contributed by atoms with E-state index in [1.807, 2.05) is 18.2 Å². The first-order valence-corrected chi connectivity index (χ1v) is 8.89. The number of nitrogens with two attached hydrogens (primary N) is 1. The average Bonchev–Trinajstić information content (AvgIpc) is 3.11. The fraction of sp³-hybridized carbons (Fsp3) is 0. The van der Waals surface area contributed by atoms with Crippen molar-refractivity contribution in [2.75, 3.05) is 5.32 Å². The Hall–Kier alpha value is -3.03. The molecule has 0 aliphatic carbocycles. The minimum atomic E-state index is -0.494. The summed E-state index contributed by atoms with van der Waals surface area (Å²) in [5.41, 5.74) is 7.55. The van der Waals surface area contributed by atoms with Gasteiger partial charge in [-0.15, -0.1) is 11.3 Å². The maximum atomic E-state index is 11.6. The van der Waals surface area contributed by atoms with Crippen LogP contribution in [0.15, 0.2) is 54.2 Å². The lowest BCUT2D eigenvalue weighted by atomic mass is 10.2. The minimum absolute atomic E-state index is 0.432. The van der Waals surface area contributed by atoms with E-state index in [0.717, 1.165) is 16.5 Å². The first-order valence-electron chi connectivity index (χ1n) is 7.64. The van der Waals surface area contributed by atoms with Gasteiger partial charge in [0.15, 0.2) is 5.82 Å². The molecule has 1 aromatic carbocycles. The van der Waals surface area contributed by atoms with Gasteiger partial charge in [0.2, 0.25) is 0 Å². The Morgan fingerprint density at radius 1 is 1.19 bits per heavy atom. The van der Waals surface area contributed by atoms with Crippen molar-refractivity contribution >= 4 is 51.3 Å². The Morgan fingerprint density at radius 2 is 2.08 bits per heavy atom. The molecule has 0 bridgehead atoms. The Morgan fingerprint density at radius 3 is 2.85 bits per heavy atom. The predicted molar refractivity (Wildman–Crippen MR) is 104 cm³/mol. The van der Waals surface area contributed by atoms with Gasteiger partial charge in [-0.2, -0.15) is 0 Å². The van der Waals surface area contributed by atoms with Crippen LogP contribution in [0.1, 0.15) is 9.67 Å². The number of carbonyl (C=O) groups is 1. The number of carbonyl (C=O) groups excluding carboxylic acids is 1. The van der Waals surface area contributed by atoms with Crippen molar-refractivity contribution in [2.24, 2.45) is 5.73 Å². The van der Waals surface area contributed by atoms with E-state index >= 15 is 0 Å². The predicted octanol–water partition coefficient (Wildman–Crippen LogP) is 4.25. The van der Waals surface area contributed by atoms with Crippen LogP contribution in [-0.2, 0) is 0 Å². The number of thiophene rings is 1. The average molecular weight is 382 g/mol. The van der Waals surface area contributed by atoms with Crippen LogP contribution >= 0.6 is 22.9 Å². The van der Waals surface area contributed by atoms with Gasteiger partial charge >= 0.3 is 0 Å². The van der Waals surface area contributed by atoms with Gasteiger partial charge in [0.25, 0.3) is 5.91 Å². The summed E-state index contributed by atoms with van der Waals surface area (Å²) in [5, 5.41) is 6.30. The Labute approximate surface area is 157 Å². The summed E-state index contributed by atoms with van der Waals surface area (Å²) in [7, 11) is 0. The lowest BCUT2D eigenvalue weighted by Crippen LogP contribution is -2.11. The van der Waals surface area contributed by atoms with E-state index < -0.39 is 5.91 Å². The molecule has 0 aliphatic rings. The van der Waals surface area contributed by atoms with E-state index in [4.69, 9.17) is 17.3 Å². The second-order valence-corrected chi connectivity index (χ2v) is 6.80. The number of benzene rings is 1. The second kappa shape index (κ2) is 6.70. The highest BCUT2D eigenvalue weighted by molar-refractivity contribution is 7.12. The zero-order chi connectivity index (χ0) is 18.1. The minimum Gasteiger partial charge on any atom is -0.365 e. The van der Waals surface area contributed by atoms with Gasteiger partial charge in [0.05, 0.1) is 11.2 Å². The van der Waals surface area contributed by atoms with Crippen LogP contribution in [0.2, 0.25) is 5.02 Å². The number of hydrogen-bond acceptors (Lipinski definition) is 6. The van der Waals surface area contributed by atoms with Crippen LogP contribution in [0, 0.1) is 0 Å². The lowest BCUT2D eigenvalue weighted by Gasteiger charge is -2.11. The fourth-order valence-corrected chi connectivity index (χ4v) is 3.42. The molecule has 1 amide bonds. The summed E-state index contributed by atoms with van der Waals surface area (Å²) in [4.78, 5) is 25.4. The summed E-state index contributed by atoms with van der Waals surface area (Å²) in [6, 6.07) is 10.9. The smallest absolute Gasteiger partial charge is 0.260 e. The topological polar surface area (TPSA) is 93.8 Å². The zero-order valence-corrected chi connectivity index (χ0v) is 14.9. The first kappa shape index (κ1) is 16.4. The van der Waals surface area contributed by atoms with Crippen LogP contribution < -0.4 is 11.1 Å². The first-order chi connectivity index (χ1) is 12.6. The van der Waals surface area contributed by atoms with Crippen molar-refractivity contribution in [3.8, 4) is 11.4 Å². The SMILES string of the molecule is NC(=O)c1sccc1Nc1nc(-c2cccnc2)nc2ccc(Cl)cc12. The van der Waals surface area contributed by atoms with Gasteiger partial charge in [-0.25, -0.2) is 9.97 Å². The van der Waals surface area contributed by atoms with E-state index in [1.165, 1.54) is 11.3 Å². The number of rotatable bonds is 4. The highest BCUT2D eigenvalue weighted by Gasteiger charge is 2.14. The Balaban J connectivity index is 1.89. The standard InChI is InChI=1S/C18H12ClN5OS/c19-11-3-4-13-12(8-11)18(23-14-5-7-26-15(14)16(20)25)24-17(22-13)10-2-1-6-21-9-10/h1-9H,(H2,20,25)(H,22,23,24). The van der Waals surface area contributed by atoms with Crippen molar-refractivity contribution in [2.45, 2.75) is 0 Å². The third-order valence-electron chi connectivity index (χ3n) is 3.72. The number of fused-ring (bicyclic) bond motifs is 1. The second-order valence-electron chi connectivity index (χ2n) is 5.45. The maximum Gasteiger partial charge on any atom is 0.260 e. The quantitative estimate of drug-likeness (QED) is 0.551. The molecule has 0 saturated carbocycles. The number of anilines is 2. The molecule has 0 spiro atoms. The van der Waals surface area contributed by atoms with E-state index in [0.29, 0.717) is 27.2 Å². The molecule has 4 rings (SSSR count). The number of halogens is 1. The molecule has 0 radical (unpaired) electrons. The molecule has 0 unspecified atom stereocenters. The third-order valence-corrected chi connectivity index (χ3v) is 4.88. The number of nitrogens with one attached hydrogen (secondary N) is 1. The Kier molecular flexibility index (Phi) is 4.24. The van der Waals surface area contributed by atoms with Crippen molar-refractivity contribution in [3.05, 3.63) is 64.1 Å². The summed E-state index contributed by atoms with van der Waals surface area (Å²) in [6.45, 7) is 0. The number of pyridine rings is 1. The highest BCUT2D eigenvalue weighted by atomic mass is 35.5. The van der Waals surface area contributed by atoms with Crippen molar-refractivity contribution < 1.29 is 4.79 Å². The zero-order valence-electron chi connectivity index (χ0n) is 13.3. The van der Waals surface area contributed by atoms with E-state index in [2.05, 4.69) is 20.3 Å². The van der Waals surface area contributed by atoms with Crippen molar-refractivity contribution in [3.63, 3.8) is 0 Å². The number of amides is 1. The van der Waals surface area contributed by atoms with Gasteiger partial charge in [0.1, 0.15) is 10.7 Å². The number of primary amides is 1. The molecule has 0 fully saturated rings. The van der Waals surface area contributed by atoms with E-state index in [1.54, 1.807) is 36.0 Å². The molecule has 0 atom stereocenters. The van der Waals surface area contributed by atoms with Gasteiger partial charge in [0, 0.05) is 28.4 Å². The number of hydrogen-bond donors (Lipinski definition) is 2. The van der Waals surface area contributed by atoms with Crippen LogP contribution in [0.4, 0.5) is 11.5 Å².